The highest BCUT2D eigenvalue weighted by Gasteiger charge is 2.35. The summed E-state index contributed by atoms with van der Waals surface area (Å²) in [6, 6.07) is 0.117. The van der Waals surface area contributed by atoms with Crippen molar-refractivity contribution < 1.29 is 9.53 Å². The van der Waals surface area contributed by atoms with Gasteiger partial charge in [-0.3, -0.25) is 4.79 Å². The number of methoxy groups -OCH3 is 1. The summed E-state index contributed by atoms with van der Waals surface area (Å²) >= 11 is 0. The van der Waals surface area contributed by atoms with Crippen molar-refractivity contribution in [1.82, 2.24) is 4.90 Å². The third kappa shape index (κ3) is 3.18. The van der Waals surface area contributed by atoms with Crippen LogP contribution in [-0.2, 0) is 9.53 Å². The Morgan fingerprint density at radius 2 is 2.20 bits per heavy atom. The van der Waals surface area contributed by atoms with Crippen molar-refractivity contribution in [1.29, 1.82) is 0 Å². The molecule has 0 heterocycles. The second-order valence-corrected chi connectivity index (χ2v) is 4.70. The van der Waals surface area contributed by atoms with Crippen LogP contribution in [0.1, 0.15) is 32.6 Å². The molecule has 15 heavy (non-hydrogen) atoms. The topological polar surface area (TPSA) is 55.6 Å². The van der Waals surface area contributed by atoms with Crippen LogP contribution in [-0.4, -0.2) is 43.2 Å². The van der Waals surface area contributed by atoms with Gasteiger partial charge in [0.2, 0.25) is 5.91 Å². The van der Waals surface area contributed by atoms with Gasteiger partial charge in [-0.2, -0.15) is 0 Å². The van der Waals surface area contributed by atoms with Gasteiger partial charge in [0.1, 0.15) is 0 Å². The van der Waals surface area contributed by atoms with Gasteiger partial charge in [-0.1, -0.05) is 0 Å². The summed E-state index contributed by atoms with van der Waals surface area (Å²) in [6.45, 7) is 2.55. The molecule has 1 fully saturated rings. The van der Waals surface area contributed by atoms with E-state index in [1.165, 1.54) is 0 Å². The summed E-state index contributed by atoms with van der Waals surface area (Å²) in [6.07, 6.45) is 3.58. The van der Waals surface area contributed by atoms with E-state index in [0.717, 1.165) is 19.3 Å². The summed E-state index contributed by atoms with van der Waals surface area (Å²) < 4.78 is 5.02. The minimum absolute atomic E-state index is 0.117. The van der Waals surface area contributed by atoms with Gasteiger partial charge in [-0.25, -0.2) is 0 Å². The molecule has 1 aliphatic carbocycles. The van der Waals surface area contributed by atoms with Gasteiger partial charge in [0.15, 0.2) is 0 Å². The molecule has 0 aliphatic heterocycles. The van der Waals surface area contributed by atoms with E-state index in [9.17, 15) is 4.79 Å². The molecular weight excluding hydrogens is 192 g/mol. The van der Waals surface area contributed by atoms with Crippen LogP contribution in [0.5, 0.6) is 0 Å². The fourth-order valence-electron chi connectivity index (χ4n) is 1.83. The van der Waals surface area contributed by atoms with E-state index in [4.69, 9.17) is 10.5 Å². The van der Waals surface area contributed by atoms with Crippen molar-refractivity contribution >= 4 is 5.91 Å². The Morgan fingerprint density at radius 1 is 1.60 bits per heavy atom. The number of hydrogen-bond acceptors (Lipinski definition) is 3. The lowest BCUT2D eigenvalue weighted by molar-refractivity contribution is -0.134. The lowest BCUT2D eigenvalue weighted by Crippen LogP contribution is -2.51. The van der Waals surface area contributed by atoms with Crippen molar-refractivity contribution in [2.24, 2.45) is 5.73 Å². The SMILES string of the molecule is COCC(C)N(C)C(=O)CC1(N)CCC1. The molecule has 4 heteroatoms. The van der Waals surface area contributed by atoms with Crippen LogP contribution >= 0.6 is 0 Å². The maximum atomic E-state index is 11.9. The zero-order valence-corrected chi connectivity index (χ0v) is 9.95. The van der Waals surface area contributed by atoms with E-state index in [2.05, 4.69) is 0 Å². The van der Waals surface area contributed by atoms with E-state index >= 15 is 0 Å². The number of likely N-dealkylation sites (N-methyl/N-ethyl adjacent to an activating group) is 1. The molecule has 1 amide bonds. The van der Waals surface area contributed by atoms with E-state index in [-0.39, 0.29) is 17.5 Å². The average Bonchev–Trinajstić information content (AvgIpc) is 2.14. The maximum absolute atomic E-state index is 11.9. The Labute approximate surface area is 91.8 Å². The third-order valence-corrected chi connectivity index (χ3v) is 3.32. The molecule has 88 valence electrons. The van der Waals surface area contributed by atoms with Gasteiger partial charge in [0.25, 0.3) is 0 Å². The molecule has 0 saturated heterocycles. The van der Waals surface area contributed by atoms with E-state index in [1.54, 1.807) is 12.0 Å². The number of carbonyl (C=O) groups excluding carboxylic acids is 1. The van der Waals surface area contributed by atoms with Crippen LogP contribution in [0.2, 0.25) is 0 Å². The van der Waals surface area contributed by atoms with Crippen molar-refractivity contribution in [3.05, 3.63) is 0 Å². The number of rotatable bonds is 5. The standard InChI is InChI=1S/C11H22N2O2/c1-9(8-15-3)13(2)10(14)7-11(12)5-4-6-11/h9H,4-8,12H2,1-3H3. The molecule has 4 nitrogen and oxygen atoms in total. The molecule has 2 N–H and O–H groups in total. The van der Waals surface area contributed by atoms with Crippen molar-refractivity contribution in [2.45, 2.75) is 44.2 Å². The molecule has 1 unspecified atom stereocenters. The number of nitrogens with zero attached hydrogens (tertiary/aromatic N) is 1. The molecule has 0 aromatic carbocycles. The van der Waals surface area contributed by atoms with Gasteiger partial charge in [-0.15, -0.1) is 0 Å². The van der Waals surface area contributed by atoms with Gasteiger partial charge < -0.3 is 15.4 Å². The zero-order chi connectivity index (χ0) is 11.5. The number of hydrogen-bond donors (Lipinski definition) is 1. The Kier molecular flexibility index (Phi) is 4.11. The maximum Gasteiger partial charge on any atom is 0.224 e. The van der Waals surface area contributed by atoms with Crippen LogP contribution in [0.4, 0.5) is 0 Å². The predicted molar refractivity (Wildman–Crippen MR) is 59.5 cm³/mol. The molecule has 0 aromatic rings. The van der Waals surface area contributed by atoms with Gasteiger partial charge >= 0.3 is 0 Å². The van der Waals surface area contributed by atoms with Gasteiger partial charge in [0.05, 0.1) is 12.6 Å². The highest BCUT2D eigenvalue weighted by atomic mass is 16.5. The lowest BCUT2D eigenvalue weighted by Gasteiger charge is -2.39. The predicted octanol–water partition coefficient (Wildman–Crippen LogP) is 0.751. The number of carbonyl (C=O) groups is 1. The summed E-state index contributed by atoms with van der Waals surface area (Å²) in [5.74, 6) is 0.127. The zero-order valence-electron chi connectivity index (χ0n) is 9.95. The smallest absolute Gasteiger partial charge is 0.224 e. The Morgan fingerprint density at radius 3 is 2.60 bits per heavy atom. The lowest BCUT2D eigenvalue weighted by atomic mass is 9.75. The van der Waals surface area contributed by atoms with Crippen molar-refractivity contribution in [3.63, 3.8) is 0 Å². The monoisotopic (exact) mass is 214 g/mol. The Balaban J connectivity index is 2.38. The Hall–Kier alpha value is -0.610. The quantitative estimate of drug-likeness (QED) is 0.735. The van der Waals surface area contributed by atoms with E-state index in [0.29, 0.717) is 13.0 Å². The second-order valence-electron chi connectivity index (χ2n) is 4.70. The van der Waals surface area contributed by atoms with Crippen LogP contribution < -0.4 is 5.73 Å². The van der Waals surface area contributed by atoms with Crippen LogP contribution in [0.15, 0.2) is 0 Å². The molecule has 0 bridgehead atoms. The first-order chi connectivity index (χ1) is 6.98. The molecule has 1 saturated carbocycles. The van der Waals surface area contributed by atoms with Crippen LogP contribution in [0.25, 0.3) is 0 Å². The summed E-state index contributed by atoms with van der Waals surface area (Å²) in [4.78, 5) is 13.6. The fraction of sp³-hybridized carbons (Fsp3) is 0.909. The largest absolute Gasteiger partial charge is 0.383 e. The van der Waals surface area contributed by atoms with E-state index in [1.807, 2.05) is 14.0 Å². The van der Waals surface area contributed by atoms with E-state index < -0.39 is 0 Å². The Bertz CT molecular complexity index is 227. The van der Waals surface area contributed by atoms with Crippen molar-refractivity contribution in [3.8, 4) is 0 Å². The first-order valence-corrected chi connectivity index (χ1v) is 5.52. The third-order valence-electron chi connectivity index (χ3n) is 3.32. The van der Waals surface area contributed by atoms with Crippen LogP contribution in [0.3, 0.4) is 0 Å². The summed E-state index contributed by atoms with van der Waals surface area (Å²) in [5.41, 5.74) is 5.81. The second kappa shape index (κ2) is 4.94. The molecular formula is C11H22N2O2. The van der Waals surface area contributed by atoms with Crippen molar-refractivity contribution in [2.75, 3.05) is 20.8 Å². The van der Waals surface area contributed by atoms with Crippen LogP contribution in [0, 0.1) is 0 Å². The number of ether oxygens (including phenoxy) is 1. The first-order valence-electron chi connectivity index (χ1n) is 5.52. The van der Waals surface area contributed by atoms with Gasteiger partial charge in [-0.05, 0) is 26.2 Å². The fourth-order valence-corrected chi connectivity index (χ4v) is 1.83. The summed E-state index contributed by atoms with van der Waals surface area (Å²) in [7, 11) is 3.46. The molecule has 0 radical (unpaired) electrons. The molecule has 1 rings (SSSR count). The first kappa shape index (κ1) is 12.5. The number of nitrogens with two attached hydrogens (primary N) is 1. The normalized spacial score (nSPS) is 20.5. The average molecular weight is 214 g/mol. The minimum Gasteiger partial charge on any atom is -0.383 e. The molecule has 0 spiro atoms. The minimum atomic E-state index is -0.224. The molecule has 1 aliphatic rings. The summed E-state index contributed by atoms with van der Waals surface area (Å²) in [5, 5.41) is 0. The number of amides is 1. The molecule has 0 aromatic heterocycles. The molecule has 1 atom stereocenters. The highest BCUT2D eigenvalue weighted by Crippen LogP contribution is 2.32. The van der Waals surface area contributed by atoms with Gasteiger partial charge in [0, 0.05) is 26.1 Å². The highest BCUT2D eigenvalue weighted by molar-refractivity contribution is 5.77.